The van der Waals surface area contributed by atoms with Gasteiger partial charge in [-0.1, -0.05) is 13.8 Å². The molecule has 0 aliphatic carbocycles. The van der Waals surface area contributed by atoms with Crippen LogP contribution >= 0.6 is 0 Å². The molecule has 0 bridgehead atoms. The van der Waals surface area contributed by atoms with Crippen molar-refractivity contribution in [2.75, 3.05) is 0 Å². The van der Waals surface area contributed by atoms with Crippen LogP contribution in [-0.2, 0) is 0 Å². The van der Waals surface area contributed by atoms with E-state index in [2.05, 4.69) is 28.8 Å². The highest BCUT2D eigenvalue weighted by Gasteiger charge is 2.04. The van der Waals surface area contributed by atoms with Gasteiger partial charge in [-0.3, -0.25) is 9.78 Å². The summed E-state index contributed by atoms with van der Waals surface area (Å²) in [6, 6.07) is 1.86. The smallest absolute Gasteiger partial charge is 0.260 e. The number of aromatic nitrogens is 3. The van der Waals surface area contributed by atoms with Gasteiger partial charge in [-0.25, -0.2) is 4.98 Å². The predicted molar refractivity (Wildman–Crippen MR) is 54.2 cm³/mol. The molecule has 0 aliphatic rings. The Morgan fingerprint density at radius 1 is 1.36 bits per heavy atom. The van der Waals surface area contributed by atoms with Gasteiger partial charge in [0.1, 0.15) is 0 Å². The number of nitrogens with zero attached hydrogens (tertiary/aromatic N) is 2. The van der Waals surface area contributed by atoms with Crippen LogP contribution in [0, 0.1) is 0 Å². The van der Waals surface area contributed by atoms with Gasteiger partial charge in [-0.15, -0.1) is 0 Å². The average molecular weight is 189 g/mol. The number of aromatic amines is 1. The molecule has 0 aromatic carbocycles. The van der Waals surface area contributed by atoms with Crippen molar-refractivity contribution in [1.29, 1.82) is 0 Å². The lowest BCUT2D eigenvalue weighted by molar-refractivity contribution is 0.825. The fourth-order valence-corrected chi connectivity index (χ4v) is 1.30. The summed E-state index contributed by atoms with van der Waals surface area (Å²) in [4.78, 5) is 22.1. The molecule has 0 aliphatic heterocycles. The first-order valence-corrected chi connectivity index (χ1v) is 4.52. The van der Waals surface area contributed by atoms with E-state index in [1.54, 1.807) is 6.20 Å². The first-order chi connectivity index (χ1) is 6.68. The molecule has 2 heterocycles. The first-order valence-electron chi connectivity index (χ1n) is 4.52. The van der Waals surface area contributed by atoms with Gasteiger partial charge in [0, 0.05) is 11.9 Å². The first kappa shape index (κ1) is 8.87. The van der Waals surface area contributed by atoms with Crippen LogP contribution in [-0.4, -0.2) is 15.0 Å². The molecular formula is C10H11N3O. The predicted octanol–water partition coefficient (Wildman–Crippen LogP) is 1.44. The van der Waals surface area contributed by atoms with Gasteiger partial charge in [0.05, 0.1) is 17.2 Å². The van der Waals surface area contributed by atoms with Crippen LogP contribution in [0.4, 0.5) is 0 Å². The summed E-state index contributed by atoms with van der Waals surface area (Å²) in [5.41, 5.74) is 1.51. The Morgan fingerprint density at radius 2 is 2.14 bits per heavy atom. The zero-order chi connectivity index (χ0) is 10.1. The number of nitrogens with one attached hydrogen (secondary N) is 1. The SMILES string of the molecule is CC(C)c1cc2nc[nH]c(=O)c2cn1. The second kappa shape index (κ2) is 3.21. The lowest BCUT2D eigenvalue weighted by Crippen LogP contribution is -2.07. The number of hydrogen-bond acceptors (Lipinski definition) is 3. The van der Waals surface area contributed by atoms with Crippen molar-refractivity contribution in [2.45, 2.75) is 19.8 Å². The third-order valence-corrected chi connectivity index (χ3v) is 2.14. The minimum Gasteiger partial charge on any atom is -0.313 e. The maximum Gasteiger partial charge on any atom is 0.260 e. The largest absolute Gasteiger partial charge is 0.313 e. The Kier molecular flexibility index (Phi) is 2.04. The lowest BCUT2D eigenvalue weighted by atomic mass is 10.1. The van der Waals surface area contributed by atoms with E-state index in [4.69, 9.17) is 0 Å². The third-order valence-electron chi connectivity index (χ3n) is 2.14. The summed E-state index contributed by atoms with van der Waals surface area (Å²) in [5.74, 6) is 0.348. The maximum absolute atomic E-state index is 11.3. The molecular weight excluding hydrogens is 178 g/mol. The zero-order valence-electron chi connectivity index (χ0n) is 8.11. The zero-order valence-corrected chi connectivity index (χ0v) is 8.11. The van der Waals surface area contributed by atoms with E-state index in [9.17, 15) is 4.79 Å². The van der Waals surface area contributed by atoms with Gasteiger partial charge in [0.15, 0.2) is 0 Å². The highest BCUT2D eigenvalue weighted by molar-refractivity contribution is 5.76. The monoisotopic (exact) mass is 189 g/mol. The van der Waals surface area contributed by atoms with E-state index in [1.165, 1.54) is 6.33 Å². The van der Waals surface area contributed by atoms with Crippen molar-refractivity contribution in [2.24, 2.45) is 0 Å². The van der Waals surface area contributed by atoms with Crippen molar-refractivity contribution < 1.29 is 0 Å². The molecule has 0 saturated heterocycles. The molecule has 0 fully saturated rings. The molecule has 0 radical (unpaired) electrons. The molecule has 4 nitrogen and oxygen atoms in total. The second-order valence-electron chi connectivity index (χ2n) is 3.51. The highest BCUT2D eigenvalue weighted by Crippen LogP contribution is 2.14. The van der Waals surface area contributed by atoms with Crippen molar-refractivity contribution in [1.82, 2.24) is 15.0 Å². The Morgan fingerprint density at radius 3 is 2.86 bits per heavy atom. The molecule has 0 saturated carbocycles. The van der Waals surface area contributed by atoms with E-state index < -0.39 is 0 Å². The van der Waals surface area contributed by atoms with Gasteiger partial charge >= 0.3 is 0 Å². The van der Waals surface area contributed by atoms with Gasteiger partial charge < -0.3 is 4.98 Å². The number of pyridine rings is 1. The Balaban J connectivity index is 2.74. The van der Waals surface area contributed by atoms with E-state index >= 15 is 0 Å². The molecule has 4 heteroatoms. The third kappa shape index (κ3) is 1.39. The summed E-state index contributed by atoms with van der Waals surface area (Å²) in [6.07, 6.45) is 2.99. The van der Waals surface area contributed by atoms with Crippen molar-refractivity contribution in [3.63, 3.8) is 0 Å². The molecule has 0 unspecified atom stereocenters. The Labute approximate surface area is 81.0 Å². The quantitative estimate of drug-likeness (QED) is 0.738. The van der Waals surface area contributed by atoms with Crippen LogP contribution < -0.4 is 5.56 Å². The molecule has 2 aromatic rings. The van der Waals surface area contributed by atoms with Gasteiger partial charge in [-0.2, -0.15) is 0 Å². The Hall–Kier alpha value is -1.71. The summed E-state index contributed by atoms with van der Waals surface area (Å²) in [7, 11) is 0. The van der Waals surface area contributed by atoms with Crippen LogP contribution in [0.25, 0.3) is 10.9 Å². The van der Waals surface area contributed by atoms with Crippen LogP contribution in [0.1, 0.15) is 25.5 Å². The standard InChI is InChI=1S/C10H11N3O/c1-6(2)8-3-9-7(4-11-8)10(14)13-5-12-9/h3-6H,1-2H3,(H,12,13,14). The number of H-pyrrole nitrogens is 1. The molecule has 2 aromatic heterocycles. The van der Waals surface area contributed by atoms with Crippen molar-refractivity contribution in [3.05, 3.63) is 34.6 Å². The van der Waals surface area contributed by atoms with E-state index in [0.717, 1.165) is 5.69 Å². The molecule has 72 valence electrons. The second-order valence-corrected chi connectivity index (χ2v) is 3.51. The van der Waals surface area contributed by atoms with Crippen LogP contribution in [0.5, 0.6) is 0 Å². The number of fused-ring (bicyclic) bond motifs is 1. The van der Waals surface area contributed by atoms with E-state index in [1.807, 2.05) is 6.07 Å². The lowest BCUT2D eigenvalue weighted by Gasteiger charge is -2.03. The molecule has 0 atom stereocenters. The van der Waals surface area contributed by atoms with Crippen LogP contribution in [0.15, 0.2) is 23.4 Å². The maximum atomic E-state index is 11.3. The summed E-state index contributed by atoms with van der Waals surface area (Å²) in [6.45, 7) is 4.11. The average Bonchev–Trinajstić information content (AvgIpc) is 2.17. The summed E-state index contributed by atoms with van der Waals surface area (Å²) in [5, 5.41) is 0.539. The minimum absolute atomic E-state index is 0.141. The molecule has 2 rings (SSSR count). The fourth-order valence-electron chi connectivity index (χ4n) is 1.30. The Bertz CT molecular complexity index is 516. The number of hydrogen-bond donors (Lipinski definition) is 1. The van der Waals surface area contributed by atoms with Gasteiger partial charge in [-0.05, 0) is 12.0 Å². The summed E-state index contributed by atoms with van der Waals surface area (Å²) < 4.78 is 0. The van der Waals surface area contributed by atoms with E-state index in [-0.39, 0.29) is 5.56 Å². The van der Waals surface area contributed by atoms with Crippen molar-refractivity contribution in [3.8, 4) is 0 Å². The topological polar surface area (TPSA) is 58.6 Å². The van der Waals surface area contributed by atoms with Crippen LogP contribution in [0.2, 0.25) is 0 Å². The fraction of sp³-hybridized carbons (Fsp3) is 0.300. The minimum atomic E-state index is -0.141. The van der Waals surface area contributed by atoms with E-state index in [0.29, 0.717) is 16.8 Å². The molecule has 14 heavy (non-hydrogen) atoms. The van der Waals surface area contributed by atoms with Gasteiger partial charge in [0.25, 0.3) is 5.56 Å². The van der Waals surface area contributed by atoms with Crippen molar-refractivity contribution >= 4 is 10.9 Å². The molecule has 0 amide bonds. The normalized spacial score (nSPS) is 11.1. The molecule has 0 spiro atoms. The molecule has 1 N–H and O–H groups in total. The number of rotatable bonds is 1. The summed E-state index contributed by atoms with van der Waals surface area (Å²) >= 11 is 0. The van der Waals surface area contributed by atoms with Gasteiger partial charge in [0.2, 0.25) is 0 Å². The highest BCUT2D eigenvalue weighted by atomic mass is 16.1. The van der Waals surface area contributed by atoms with Crippen LogP contribution in [0.3, 0.4) is 0 Å².